The molecule has 0 heterocycles. The summed E-state index contributed by atoms with van der Waals surface area (Å²) in [6, 6.07) is 1.60. The van der Waals surface area contributed by atoms with Crippen molar-refractivity contribution in [3.05, 3.63) is 0 Å². The van der Waals surface area contributed by atoms with Gasteiger partial charge in [-0.05, 0) is 59.2 Å². The maximum Gasteiger partial charge on any atom is 0.00922 e. The first-order valence-electron chi connectivity index (χ1n) is 6.67. The predicted octanol–water partition coefficient (Wildman–Crippen LogP) is 2.64. The summed E-state index contributed by atoms with van der Waals surface area (Å²) in [5.41, 5.74) is 0. The van der Waals surface area contributed by atoms with Crippen molar-refractivity contribution in [2.24, 2.45) is 0 Å². The van der Waals surface area contributed by atoms with Crippen LogP contribution in [0.15, 0.2) is 0 Å². The van der Waals surface area contributed by atoms with Gasteiger partial charge in [-0.15, -0.1) is 0 Å². The predicted molar refractivity (Wildman–Crippen MR) is 67.3 cm³/mol. The van der Waals surface area contributed by atoms with E-state index in [1.165, 1.54) is 51.6 Å². The number of nitrogens with one attached hydrogen (secondary N) is 1. The van der Waals surface area contributed by atoms with Crippen molar-refractivity contribution in [2.45, 2.75) is 64.5 Å². The molecule has 1 fully saturated rings. The first-order valence-corrected chi connectivity index (χ1v) is 6.67. The van der Waals surface area contributed by atoms with Crippen LogP contribution < -0.4 is 5.32 Å². The van der Waals surface area contributed by atoms with Gasteiger partial charge in [0, 0.05) is 12.1 Å². The molecule has 2 nitrogen and oxygen atoms in total. The van der Waals surface area contributed by atoms with E-state index < -0.39 is 0 Å². The van der Waals surface area contributed by atoms with Crippen LogP contribution in [-0.4, -0.2) is 37.1 Å². The summed E-state index contributed by atoms with van der Waals surface area (Å²) in [6.45, 7) is 6.98. The summed E-state index contributed by atoms with van der Waals surface area (Å²) in [6.07, 6.45) is 8.21. The van der Waals surface area contributed by atoms with Gasteiger partial charge in [0.1, 0.15) is 0 Å². The number of rotatable bonds is 8. The van der Waals surface area contributed by atoms with E-state index >= 15 is 0 Å². The fourth-order valence-corrected chi connectivity index (χ4v) is 2.15. The molecule has 2 heteroatoms. The van der Waals surface area contributed by atoms with Crippen molar-refractivity contribution in [1.82, 2.24) is 10.2 Å². The first-order chi connectivity index (χ1) is 7.24. The van der Waals surface area contributed by atoms with Crippen LogP contribution in [0.2, 0.25) is 0 Å². The van der Waals surface area contributed by atoms with Crippen molar-refractivity contribution in [1.29, 1.82) is 0 Å². The Labute approximate surface area is 95.4 Å². The van der Waals surface area contributed by atoms with E-state index in [1.54, 1.807) is 0 Å². The molecule has 1 unspecified atom stereocenters. The van der Waals surface area contributed by atoms with Gasteiger partial charge in [-0.1, -0.05) is 13.3 Å². The largest absolute Gasteiger partial charge is 0.314 e. The molecule has 1 atom stereocenters. The molecular formula is C13H28N2. The summed E-state index contributed by atoms with van der Waals surface area (Å²) in [4.78, 5) is 2.55. The lowest BCUT2D eigenvalue weighted by molar-refractivity contribution is 0.156. The molecule has 90 valence electrons. The molecule has 0 aliphatic heterocycles. The molecule has 0 aromatic carbocycles. The summed E-state index contributed by atoms with van der Waals surface area (Å²) in [5.74, 6) is 0. The van der Waals surface area contributed by atoms with Crippen LogP contribution in [0.3, 0.4) is 0 Å². The Balaban J connectivity index is 1.94. The SMILES string of the molecule is CCCNC(C)CCCN(C)C1CCC1. The zero-order valence-electron chi connectivity index (χ0n) is 10.8. The first kappa shape index (κ1) is 13.0. The molecule has 1 aliphatic rings. The van der Waals surface area contributed by atoms with E-state index in [4.69, 9.17) is 0 Å². The third kappa shape index (κ3) is 4.98. The highest BCUT2D eigenvalue weighted by Crippen LogP contribution is 2.23. The second kappa shape index (κ2) is 7.24. The third-order valence-corrected chi connectivity index (χ3v) is 3.59. The van der Waals surface area contributed by atoms with Crippen molar-refractivity contribution in [2.75, 3.05) is 20.1 Å². The van der Waals surface area contributed by atoms with E-state index in [-0.39, 0.29) is 0 Å². The lowest BCUT2D eigenvalue weighted by atomic mass is 9.92. The van der Waals surface area contributed by atoms with E-state index in [0.717, 1.165) is 6.04 Å². The minimum atomic E-state index is 0.694. The van der Waals surface area contributed by atoms with Gasteiger partial charge < -0.3 is 10.2 Å². The van der Waals surface area contributed by atoms with E-state index in [2.05, 4.69) is 31.1 Å². The highest BCUT2D eigenvalue weighted by atomic mass is 15.1. The topological polar surface area (TPSA) is 15.3 Å². The molecule has 0 bridgehead atoms. The number of nitrogens with zero attached hydrogens (tertiary/aromatic N) is 1. The number of hydrogen-bond donors (Lipinski definition) is 1. The van der Waals surface area contributed by atoms with Gasteiger partial charge in [0.2, 0.25) is 0 Å². The maximum atomic E-state index is 3.54. The van der Waals surface area contributed by atoms with Gasteiger partial charge in [-0.2, -0.15) is 0 Å². The maximum absolute atomic E-state index is 3.54. The minimum Gasteiger partial charge on any atom is -0.314 e. The summed E-state index contributed by atoms with van der Waals surface area (Å²) in [7, 11) is 2.29. The van der Waals surface area contributed by atoms with Gasteiger partial charge in [-0.3, -0.25) is 0 Å². The van der Waals surface area contributed by atoms with Crippen LogP contribution in [0, 0.1) is 0 Å². The van der Waals surface area contributed by atoms with Crippen LogP contribution in [-0.2, 0) is 0 Å². The normalized spacial score (nSPS) is 19.2. The third-order valence-electron chi connectivity index (χ3n) is 3.59. The molecular weight excluding hydrogens is 184 g/mol. The molecule has 15 heavy (non-hydrogen) atoms. The van der Waals surface area contributed by atoms with Crippen LogP contribution in [0.1, 0.15) is 52.4 Å². The van der Waals surface area contributed by atoms with Crippen LogP contribution >= 0.6 is 0 Å². The zero-order chi connectivity index (χ0) is 11.1. The number of hydrogen-bond acceptors (Lipinski definition) is 2. The van der Waals surface area contributed by atoms with Gasteiger partial charge in [0.25, 0.3) is 0 Å². The summed E-state index contributed by atoms with van der Waals surface area (Å²) < 4.78 is 0. The Hall–Kier alpha value is -0.0800. The lowest BCUT2D eigenvalue weighted by Crippen LogP contribution is -2.38. The average molecular weight is 212 g/mol. The van der Waals surface area contributed by atoms with Gasteiger partial charge in [0.15, 0.2) is 0 Å². The molecule has 0 spiro atoms. The molecule has 0 aromatic rings. The molecule has 0 amide bonds. The quantitative estimate of drug-likeness (QED) is 0.665. The monoisotopic (exact) mass is 212 g/mol. The second-order valence-electron chi connectivity index (χ2n) is 5.06. The van der Waals surface area contributed by atoms with E-state index in [0.29, 0.717) is 6.04 Å². The van der Waals surface area contributed by atoms with Crippen molar-refractivity contribution in [3.63, 3.8) is 0 Å². The average Bonchev–Trinajstić information content (AvgIpc) is 2.12. The molecule has 0 saturated heterocycles. The lowest BCUT2D eigenvalue weighted by Gasteiger charge is -2.34. The standard InChI is InChI=1S/C13H28N2/c1-4-10-14-12(2)7-6-11-15(3)13-8-5-9-13/h12-14H,4-11H2,1-3H3. The fraction of sp³-hybridized carbons (Fsp3) is 1.00. The Morgan fingerprint density at radius 2 is 2.13 bits per heavy atom. The molecule has 0 radical (unpaired) electrons. The smallest absolute Gasteiger partial charge is 0.00922 e. The van der Waals surface area contributed by atoms with Gasteiger partial charge in [-0.25, -0.2) is 0 Å². The fourth-order valence-electron chi connectivity index (χ4n) is 2.15. The van der Waals surface area contributed by atoms with E-state index in [9.17, 15) is 0 Å². The van der Waals surface area contributed by atoms with Gasteiger partial charge >= 0.3 is 0 Å². The Morgan fingerprint density at radius 1 is 1.40 bits per heavy atom. The Bertz CT molecular complexity index is 155. The molecule has 1 rings (SSSR count). The highest BCUT2D eigenvalue weighted by molar-refractivity contribution is 4.77. The minimum absolute atomic E-state index is 0.694. The van der Waals surface area contributed by atoms with Crippen LogP contribution in [0.4, 0.5) is 0 Å². The second-order valence-corrected chi connectivity index (χ2v) is 5.06. The van der Waals surface area contributed by atoms with Crippen molar-refractivity contribution in [3.8, 4) is 0 Å². The Morgan fingerprint density at radius 3 is 2.67 bits per heavy atom. The summed E-state index contributed by atoms with van der Waals surface area (Å²) >= 11 is 0. The van der Waals surface area contributed by atoms with Crippen LogP contribution in [0.25, 0.3) is 0 Å². The Kier molecular flexibility index (Phi) is 6.26. The molecule has 1 aliphatic carbocycles. The highest BCUT2D eigenvalue weighted by Gasteiger charge is 2.21. The van der Waals surface area contributed by atoms with Crippen LogP contribution in [0.5, 0.6) is 0 Å². The molecule has 0 aromatic heterocycles. The van der Waals surface area contributed by atoms with E-state index in [1.807, 2.05) is 0 Å². The molecule has 1 N–H and O–H groups in total. The summed E-state index contributed by atoms with van der Waals surface area (Å²) in [5, 5.41) is 3.54. The molecule has 1 saturated carbocycles. The van der Waals surface area contributed by atoms with Crippen molar-refractivity contribution < 1.29 is 0 Å². The van der Waals surface area contributed by atoms with Gasteiger partial charge in [0.05, 0.1) is 0 Å². The van der Waals surface area contributed by atoms with Crippen molar-refractivity contribution >= 4 is 0 Å². The zero-order valence-corrected chi connectivity index (χ0v) is 10.8.